The number of halogens is 1. The maximum Gasteiger partial charge on any atom is 0.338 e. The number of fused-ring (bicyclic) bond motifs is 1. The number of hydrogen-bond donors (Lipinski definition) is 0. The van der Waals surface area contributed by atoms with Crippen molar-refractivity contribution in [1.82, 2.24) is 4.90 Å². The quantitative estimate of drug-likeness (QED) is 0.544. The van der Waals surface area contributed by atoms with E-state index < -0.39 is 23.9 Å². The van der Waals surface area contributed by atoms with E-state index in [9.17, 15) is 14.4 Å². The average molecular weight is 404 g/mol. The molecule has 1 heterocycles. The van der Waals surface area contributed by atoms with Crippen LogP contribution in [0.1, 0.15) is 38.0 Å². The van der Waals surface area contributed by atoms with Crippen molar-refractivity contribution in [2.45, 2.75) is 13.0 Å². The maximum absolute atomic E-state index is 12.8. The fourth-order valence-corrected chi connectivity index (χ4v) is 3.11. The molecule has 7 nitrogen and oxygen atoms in total. The van der Waals surface area contributed by atoms with Gasteiger partial charge in [0.2, 0.25) is 0 Å². The Balaban J connectivity index is 1.76. The van der Waals surface area contributed by atoms with E-state index in [1.54, 1.807) is 25.1 Å². The molecule has 1 atom stereocenters. The van der Waals surface area contributed by atoms with E-state index in [0.29, 0.717) is 16.3 Å². The topological polar surface area (TPSA) is 82.1 Å². The van der Waals surface area contributed by atoms with Gasteiger partial charge in [0.15, 0.2) is 11.5 Å². The molecule has 1 aliphatic rings. The van der Waals surface area contributed by atoms with Gasteiger partial charge in [-0.1, -0.05) is 11.6 Å². The Morgan fingerprint density at radius 1 is 1.04 bits per heavy atom. The Bertz CT molecular complexity index is 940. The summed E-state index contributed by atoms with van der Waals surface area (Å²) >= 11 is 5.81. The summed E-state index contributed by atoms with van der Waals surface area (Å²) in [7, 11) is 2.84. The lowest BCUT2D eigenvalue weighted by atomic mass is 10.1. The van der Waals surface area contributed by atoms with E-state index in [1.807, 2.05) is 0 Å². The smallest absolute Gasteiger partial charge is 0.338 e. The van der Waals surface area contributed by atoms with E-state index in [2.05, 4.69) is 0 Å². The van der Waals surface area contributed by atoms with Crippen LogP contribution in [0.4, 0.5) is 0 Å². The number of hydrogen-bond acceptors (Lipinski definition) is 6. The first-order valence-electron chi connectivity index (χ1n) is 8.45. The highest BCUT2D eigenvalue weighted by Crippen LogP contribution is 2.38. The number of amides is 2. The highest BCUT2D eigenvalue weighted by molar-refractivity contribution is 6.30. The normalized spacial score (nSPS) is 13.9. The fraction of sp³-hybridized carbons (Fsp3) is 0.250. The van der Waals surface area contributed by atoms with Gasteiger partial charge in [-0.2, -0.15) is 0 Å². The van der Waals surface area contributed by atoms with Gasteiger partial charge in [-0.05, 0) is 43.3 Å². The fourth-order valence-electron chi connectivity index (χ4n) is 2.99. The summed E-state index contributed by atoms with van der Waals surface area (Å²) < 4.78 is 15.8. The van der Waals surface area contributed by atoms with E-state index in [4.69, 9.17) is 25.8 Å². The second-order valence-electron chi connectivity index (χ2n) is 6.17. The number of imide groups is 1. The summed E-state index contributed by atoms with van der Waals surface area (Å²) in [6, 6.07) is 9.31. The average Bonchev–Trinajstić information content (AvgIpc) is 2.92. The molecule has 2 aromatic rings. The van der Waals surface area contributed by atoms with E-state index in [-0.39, 0.29) is 23.4 Å². The van der Waals surface area contributed by atoms with Crippen LogP contribution in [0.3, 0.4) is 0 Å². The van der Waals surface area contributed by atoms with Gasteiger partial charge in [0.05, 0.1) is 37.5 Å². The second-order valence-corrected chi connectivity index (χ2v) is 6.60. The van der Waals surface area contributed by atoms with Crippen molar-refractivity contribution in [3.63, 3.8) is 0 Å². The molecule has 28 heavy (non-hydrogen) atoms. The van der Waals surface area contributed by atoms with Crippen LogP contribution in [-0.2, 0) is 4.74 Å². The minimum absolute atomic E-state index is 0.0862. The maximum atomic E-state index is 12.8. The SMILES string of the molecule is COc1ccc2c(c1OC)C(=O)N(C[C@@H](C)OC(=O)c1ccc(Cl)cc1)C2=O. The lowest BCUT2D eigenvalue weighted by Crippen LogP contribution is -2.37. The molecular formula is C20H18ClNO6. The number of carbonyl (C=O) groups excluding carboxylic acids is 3. The molecule has 0 aromatic heterocycles. The minimum atomic E-state index is -0.710. The highest BCUT2D eigenvalue weighted by Gasteiger charge is 2.40. The molecule has 0 saturated heterocycles. The molecule has 0 spiro atoms. The summed E-state index contributed by atoms with van der Waals surface area (Å²) in [5.74, 6) is -1.02. The van der Waals surface area contributed by atoms with Crippen molar-refractivity contribution in [2.24, 2.45) is 0 Å². The van der Waals surface area contributed by atoms with Crippen LogP contribution in [0.15, 0.2) is 36.4 Å². The highest BCUT2D eigenvalue weighted by atomic mass is 35.5. The summed E-state index contributed by atoms with van der Waals surface area (Å²) in [6.45, 7) is 1.52. The zero-order valence-corrected chi connectivity index (χ0v) is 16.3. The molecule has 0 aliphatic carbocycles. The van der Waals surface area contributed by atoms with Crippen molar-refractivity contribution in [3.8, 4) is 11.5 Å². The molecule has 146 valence electrons. The molecule has 2 amide bonds. The number of carbonyl (C=O) groups is 3. The number of ether oxygens (including phenoxy) is 3. The monoisotopic (exact) mass is 403 g/mol. The number of benzene rings is 2. The van der Waals surface area contributed by atoms with Crippen LogP contribution >= 0.6 is 11.6 Å². The minimum Gasteiger partial charge on any atom is -0.493 e. The molecule has 0 bridgehead atoms. The van der Waals surface area contributed by atoms with Gasteiger partial charge < -0.3 is 14.2 Å². The van der Waals surface area contributed by atoms with Gasteiger partial charge in [-0.15, -0.1) is 0 Å². The standard InChI is InChI=1S/C20H18ClNO6/c1-11(28-20(25)12-4-6-13(21)7-5-12)10-22-18(23)14-8-9-15(26-2)17(27-3)16(14)19(22)24/h4-9,11H,10H2,1-3H3/t11-/m1/s1. The lowest BCUT2D eigenvalue weighted by molar-refractivity contribution is 0.0238. The second kappa shape index (κ2) is 7.90. The van der Waals surface area contributed by atoms with Crippen LogP contribution in [-0.4, -0.2) is 49.6 Å². The summed E-state index contributed by atoms with van der Waals surface area (Å²) in [6.07, 6.45) is -0.710. The molecule has 0 radical (unpaired) electrons. The van der Waals surface area contributed by atoms with Crippen LogP contribution in [0, 0.1) is 0 Å². The zero-order chi connectivity index (χ0) is 20.4. The lowest BCUT2D eigenvalue weighted by Gasteiger charge is -2.19. The molecule has 1 aliphatic heterocycles. The Morgan fingerprint density at radius 3 is 2.32 bits per heavy atom. The predicted octanol–water partition coefficient (Wildman–Crippen LogP) is 3.20. The summed E-state index contributed by atoms with van der Waals surface area (Å²) in [5.41, 5.74) is 0.687. The third-order valence-corrected chi connectivity index (χ3v) is 4.56. The molecule has 3 rings (SSSR count). The number of methoxy groups -OCH3 is 2. The Morgan fingerprint density at radius 2 is 1.71 bits per heavy atom. The molecule has 0 fully saturated rings. The molecular weight excluding hydrogens is 386 g/mol. The van der Waals surface area contributed by atoms with Gasteiger partial charge >= 0.3 is 5.97 Å². The van der Waals surface area contributed by atoms with Crippen molar-refractivity contribution < 1.29 is 28.6 Å². The molecule has 8 heteroatoms. The number of rotatable bonds is 6. The van der Waals surface area contributed by atoms with Gasteiger partial charge in [-0.3, -0.25) is 14.5 Å². The van der Waals surface area contributed by atoms with Crippen molar-refractivity contribution in [3.05, 3.63) is 58.1 Å². The van der Waals surface area contributed by atoms with Crippen molar-refractivity contribution in [1.29, 1.82) is 0 Å². The van der Waals surface area contributed by atoms with Crippen LogP contribution in [0.5, 0.6) is 11.5 Å². The van der Waals surface area contributed by atoms with Crippen molar-refractivity contribution >= 4 is 29.4 Å². The molecule has 2 aromatic carbocycles. The molecule has 0 unspecified atom stereocenters. The Hall–Kier alpha value is -3.06. The van der Waals surface area contributed by atoms with Crippen LogP contribution < -0.4 is 9.47 Å². The summed E-state index contributed by atoms with van der Waals surface area (Å²) in [4.78, 5) is 38.7. The van der Waals surface area contributed by atoms with Gasteiger partial charge in [0, 0.05) is 5.02 Å². The number of esters is 1. The van der Waals surface area contributed by atoms with E-state index in [0.717, 1.165) is 4.90 Å². The Kier molecular flexibility index (Phi) is 5.56. The largest absolute Gasteiger partial charge is 0.493 e. The number of nitrogens with zero attached hydrogens (tertiary/aromatic N) is 1. The first-order valence-corrected chi connectivity index (χ1v) is 8.82. The predicted molar refractivity (Wildman–Crippen MR) is 101 cm³/mol. The first kappa shape index (κ1) is 19.7. The zero-order valence-electron chi connectivity index (χ0n) is 15.5. The molecule has 0 saturated carbocycles. The van der Waals surface area contributed by atoms with Gasteiger partial charge in [0.25, 0.3) is 11.8 Å². The van der Waals surface area contributed by atoms with E-state index in [1.165, 1.54) is 32.4 Å². The van der Waals surface area contributed by atoms with Crippen molar-refractivity contribution in [2.75, 3.05) is 20.8 Å². The third kappa shape index (κ3) is 3.53. The van der Waals surface area contributed by atoms with Crippen LogP contribution in [0.2, 0.25) is 5.02 Å². The molecule has 0 N–H and O–H groups in total. The van der Waals surface area contributed by atoms with Gasteiger partial charge in [-0.25, -0.2) is 4.79 Å². The third-order valence-electron chi connectivity index (χ3n) is 4.31. The van der Waals surface area contributed by atoms with Crippen LogP contribution in [0.25, 0.3) is 0 Å². The van der Waals surface area contributed by atoms with Gasteiger partial charge in [0.1, 0.15) is 6.10 Å². The Labute approximate surface area is 166 Å². The summed E-state index contributed by atoms with van der Waals surface area (Å²) in [5, 5.41) is 0.500. The van der Waals surface area contributed by atoms with E-state index >= 15 is 0 Å². The first-order chi connectivity index (χ1) is 13.4.